The quantitative estimate of drug-likeness (QED) is 0.816. The number of carboxylic acids is 1. The van der Waals surface area contributed by atoms with Crippen molar-refractivity contribution in [2.45, 2.75) is 46.4 Å². The summed E-state index contributed by atoms with van der Waals surface area (Å²) >= 11 is 0. The third-order valence-corrected chi connectivity index (χ3v) is 4.47. The van der Waals surface area contributed by atoms with Gasteiger partial charge in [0.15, 0.2) is 17.3 Å². The van der Waals surface area contributed by atoms with Crippen molar-refractivity contribution >= 4 is 12.1 Å². The van der Waals surface area contributed by atoms with Gasteiger partial charge in [0, 0.05) is 18.7 Å². The van der Waals surface area contributed by atoms with Crippen LogP contribution in [0.15, 0.2) is 18.2 Å². The third-order valence-electron chi connectivity index (χ3n) is 4.47. The highest BCUT2D eigenvalue weighted by atomic mass is 19.2. The van der Waals surface area contributed by atoms with Crippen LogP contribution < -0.4 is 0 Å². The summed E-state index contributed by atoms with van der Waals surface area (Å²) in [4.78, 5) is 30.0. The molecule has 2 heterocycles. The van der Waals surface area contributed by atoms with Gasteiger partial charge in [-0.1, -0.05) is 6.92 Å². The van der Waals surface area contributed by atoms with Gasteiger partial charge in [-0.2, -0.15) is 0 Å². The van der Waals surface area contributed by atoms with Crippen LogP contribution in [0, 0.1) is 17.6 Å². The highest BCUT2D eigenvalue weighted by Crippen LogP contribution is 2.29. The number of hydrogen-bond donors (Lipinski definition) is 1. The highest BCUT2D eigenvalue weighted by Gasteiger charge is 2.32. The fraction of sp³-hybridized carbons (Fsp3) is 0.450. The van der Waals surface area contributed by atoms with Crippen LogP contribution in [-0.4, -0.2) is 43.8 Å². The molecule has 1 aromatic heterocycles. The lowest BCUT2D eigenvalue weighted by molar-refractivity contribution is 0.0212. The zero-order valence-corrected chi connectivity index (χ0v) is 16.7. The summed E-state index contributed by atoms with van der Waals surface area (Å²) in [6, 6.07) is 3.30. The number of hydrogen-bond acceptors (Lipinski definition) is 4. The molecule has 1 amide bonds. The van der Waals surface area contributed by atoms with Crippen molar-refractivity contribution in [3.8, 4) is 11.4 Å². The summed E-state index contributed by atoms with van der Waals surface area (Å²) in [6.07, 6.45) is -0.551. The largest absolute Gasteiger partial charge is 0.476 e. The minimum Gasteiger partial charge on any atom is -0.476 e. The van der Waals surface area contributed by atoms with Crippen molar-refractivity contribution < 1.29 is 28.2 Å². The fourth-order valence-corrected chi connectivity index (χ4v) is 3.33. The number of benzene rings is 1. The topological polar surface area (TPSA) is 84.7 Å². The molecule has 1 aromatic carbocycles. The van der Waals surface area contributed by atoms with Crippen LogP contribution in [-0.2, 0) is 17.8 Å². The lowest BCUT2D eigenvalue weighted by atomic mass is 10.1. The van der Waals surface area contributed by atoms with E-state index in [4.69, 9.17) is 4.74 Å². The Bertz CT molecular complexity index is 965. The summed E-state index contributed by atoms with van der Waals surface area (Å²) < 4.78 is 34.2. The van der Waals surface area contributed by atoms with Crippen LogP contribution in [0.2, 0.25) is 0 Å². The molecule has 0 aliphatic carbocycles. The van der Waals surface area contributed by atoms with Crippen molar-refractivity contribution in [2.75, 3.05) is 6.54 Å². The Labute approximate surface area is 166 Å². The predicted molar refractivity (Wildman–Crippen MR) is 100 cm³/mol. The van der Waals surface area contributed by atoms with E-state index in [0.29, 0.717) is 18.8 Å². The zero-order valence-electron chi connectivity index (χ0n) is 16.7. The average Bonchev–Trinajstić information content (AvgIpc) is 2.84. The maximum absolute atomic E-state index is 13.7. The molecular formula is C20H23F2N3O4. The first-order valence-corrected chi connectivity index (χ1v) is 9.22. The van der Waals surface area contributed by atoms with Crippen LogP contribution in [0.25, 0.3) is 11.4 Å². The second-order valence-corrected chi connectivity index (χ2v) is 8.24. The number of imidazole rings is 1. The lowest BCUT2D eigenvalue weighted by Crippen LogP contribution is -2.38. The van der Waals surface area contributed by atoms with E-state index in [0.717, 1.165) is 12.1 Å². The van der Waals surface area contributed by atoms with E-state index in [1.54, 1.807) is 25.3 Å². The molecular weight excluding hydrogens is 384 g/mol. The van der Waals surface area contributed by atoms with Crippen molar-refractivity contribution in [3.63, 3.8) is 0 Å². The molecule has 0 spiro atoms. The van der Waals surface area contributed by atoms with Crippen molar-refractivity contribution in [1.29, 1.82) is 0 Å². The number of ether oxygens (including phenoxy) is 1. The number of aromatic nitrogens is 2. The second kappa shape index (κ2) is 7.46. The predicted octanol–water partition coefficient (Wildman–Crippen LogP) is 3.91. The fourth-order valence-electron chi connectivity index (χ4n) is 3.33. The van der Waals surface area contributed by atoms with Crippen LogP contribution in [0.1, 0.15) is 43.9 Å². The Kier molecular flexibility index (Phi) is 5.34. The van der Waals surface area contributed by atoms with Gasteiger partial charge in [-0.3, -0.25) is 0 Å². The first-order valence-electron chi connectivity index (χ1n) is 9.22. The van der Waals surface area contributed by atoms with Gasteiger partial charge in [-0.05, 0) is 44.9 Å². The Balaban J connectivity index is 2.08. The molecule has 0 bridgehead atoms. The molecule has 1 N–H and O–H groups in total. The maximum atomic E-state index is 13.7. The number of carbonyl (C=O) groups excluding carboxylic acids is 1. The summed E-state index contributed by atoms with van der Waals surface area (Å²) in [5.41, 5.74) is -0.352. The summed E-state index contributed by atoms with van der Waals surface area (Å²) in [7, 11) is 0. The molecule has 9 heteroatoms. The number of halogens is 2. The Morgan fingerprint density at radius 1 is 1.21 bits per heavy atom. The number of rotatable bonds is 2. The highest BCUT2D eigenvalue weighted by molar-refractivity contribution is 5.88. The van der Waals surface area contributed by atoms with Crippen molar-refractivity contribution in [3.05, 3.63) is 41.2 Å². The second-order valence-electron chi connectivity index (χ2n) is 8.24. The number of nitrogens with zero attached hydrogens (tertiary/aromatic N) is 3. The molecule has 0 saturated heterocycles. The molecule has 0 saturated carbocycles. The number of amides is 1. The first-order chi connectivity index (χ1) is 13.5. The molecule has 1 aliphatic rings. The van der Waals surface area contributed by atoms with E-state index in [1.807, 2.05) is 6.92 Å². The van der Waals surface area contributed by atoms with Crippen molar-refractivity contribution in [1.82, 2.24) is 14.5 Å². The van der Waals surface area contributed by atoms with E-state index >= 15 is 0 Å². The molecule has 29 heavy (non-hydrogen) atoms. The molecule has 1 atom stereocenters. The van der Waals surface area contributed by atoms with Crippen LogP contribution in [0.4, 0.5) is 13.6 Å². The standard InChI is InChI=1S/C20H23F2N3O4/c1-11-8-24(19(28)29-20(2,3)4)10-15-16(18(26)27)23-17(25(15)9-11)12-5-6-13(21)14(22)7-12/h5-7,11H,8-10H2,1-4H3,(H,26,27)/t11-/m0/s1. The average molecular weight is 407 g/mol. The zero-order chi connectivity index (χ0) is 21.5. The number of aromatic carboxylic acids is 1. The molecule has 0 radical (unpaired) electrons. The molecule has 0 fully saturated rings. The number of fused-ring (bicyclic) bond motifs is 1. The van der Waals surface area contributed by atoms with Gasteiger partial charge < -0.3 is 19.3 Å². The normalized spacial score (nSPS) is 16.9. The molecule has 7 nitrogen and oxygen atoms in total. The van der Waals surface area contributed by atoms with Gasteiger partial charge in [0.25, 0.3) is 0 Å². The van der Waals surface area contributed by atoms with Crippen LogP contribution in [0.5, 0.6) is 0 Å². The van der Waals surface area contributed by atoms with E-state index in [-0.39, 0.29) is 29.5 Å². The van der Waals surface area contributed by atoms with Gasteiger partial charge in [0.05, 0.1) is 12.2 Å². The van der Waals surface area contributed by atoms with E-state index in [9.17, 15) is 23.5 Å². The first kappa shape index (κ1) is 20.8. The van der Waals surface area contributed by atoms with Gasteiger partial charge in [-0.15, -0.1) is 0 Å². The molecule has 0 unspecified atom stereocenters. The minimum absolute atomic E-state index is 0.0163. The van der Waals surface area contributed by atoms with Gasteiger partial charge >= 0.3 is 12.1 Å². The number of carboxylic acid groups (broad SMARTS) is 1. The van der Waals surface area contributed by atoms with E-state index in [2.05, 4.69) is 4.98 Å². The Morgan fingerprint density at radius 2 is 1.90 bits per heavy atom. The lowest BCUT2D eigenvalue weighted by Gasteiger charge is -2.27. The third kappa shape index (κ3) is 4.38. The summed E-state index contributed by atoms with van der Waals surface area (Å²) in [6.45, 7) is 7.86. The minimum atomic E-state index is -1.26. The van der Waals surface area contributed by atoms with E-state index < -0.39 is 29.3 Å². The summed E-state index contributed by atoms with van der Waals surface area (Å²) in [5.74, 6) is -3.15. The van der Waals surface area contributed by atoms with Crippen LogP contribution >= 0.6 is 0 Å². The molecule has 2 aromatic rings. The van der Waals surface area contributed by atoms with Crippen molar-refractivity contribution in [2.24, 2.45) is 5.92 Å². The van der Waals surface area contributed by atoms with Crippen LogP contribution in [0.3, 0.4) is 0 Å². The molecule has 1 aliphatic heterocycles. The smallest absolute Gasteiger partial charge is 0.410 e. The maximum Gasteiger partial charge on any atom is 0.410 e. The SMILES string of the molecule is C[C@H]1CN(C(=O)OC(C)(C)C)Cc2c(C(=O)O)nc(-c3ccc(F)c(F)c3)n2C1. The van der Waals surface area contributed by atoms with E-state index in [1.165, 1.54) is 11.0 Å². The summed E-state index contributed by atoms with van der Waals surface area (Å²) in [5, 5.41) is 9.62. The Morgan fingerprint density at radius 3 is 2.48 bits per heavy atom. The monoisotopic (exact) mass is 407 g/mol. The molecule has 156 valence electrons. The Hall–Kier alpha value is -2.97. The van der Waals surface area contributed by atoms with Gasteiger partial charge in [0.1, 0.15) is 11.4 Å². The van der Waals surface area contributed by atoms with Gasteiger partial charge in [0.2, 0.25) is 0 Å². The number of carbonyl (C=O) groups is 2. The molecule has 3 rings (SSSR count). The van der Waals surface area contributed by atoms with Gasteiger partial charge in [-0.25, -0.2) is 23.4 Å².